The molecule has 54 heavy (non-hydrogen) atoms. The van der Waals surface area contributed by atoms with Gasteiger partial charge >= 0.3 is 12.2 Å². The number of amides is 5. The smallest absolute Gasteiger partial charge is 0.410 e. The van der Waals surface area contributed by atoms with Gasteiger partial charge in [-0.05, 0) is 63.6 Å². The van der Waals surface area contributed by atoms with E-state index in [1.165, 1.54) is 9.80 Å². The van der Waals surface area contributed by atoms with E-state index < -0.39 is 75.2 Å². The highest BCUT2D eigenvalue weighted by atomic mass is 35.5. The minimum atomic E-state index is -4.48. The minimum absolute atomic E-state index is 0.0894. The number of allylic oxidation sites excluding steroid dienone is 1. The lowest BCUT2D eigenvalue weighted by atomic mass is 10.0. The summed E-state index contributed by atoms with van der Waals surface area (Å²) in [6.45, 7) is 5.61. The molecular weight excluding hydrogens is 781 g/mol. The first-order valence-corrected chi connectivity index (χ1v) is 20.8. The summed E-state index contributed by atoms with van der Waals surface area (Å²) in [7, 11) is -4.48. The summed E-state index contributed by atoms with van der Waals surface area (Å²) in [5.74, 6) is -2.87. The molecule has 292 valence electrons. The number of hydrogen-bond donors (Lipinski definition) is 3. The van der Waals surface area contributed by atoms with E-state index in [1.54, 1.807) is 26.8 Å². The molecule has 14 nitrogen and oxygen atoms in total. The number of carbonyl (C=O) groups excluding carboxylic acids is 5. The van der Waals surface area contributed by atoms with Crippen molar-refractivity contribution in [1.29, 1.82) is 0 Å². The molecule has 2 fully saturated rings. The number of ether oxygens (including phenoxy) is 2. The fraction of sp³-hybridized carbons (Fsp3) is 0.528. The number of hydrogen-bond acceptors (Lipinski definition) is 10. The predicted molar refractivity (Wildman–Crippen MR) is 200 cm³/mol. The topological polar surface area (TPSA) is 181 Å². The Hall–Kier alpha value is -3.86. The minimum Gasteiger partial charge on any atom is -0.444 e. The van der Waals surface area contributed by atoms with Crippen LogP contribution in [0.4, 0.5) is 9.59 Å². The van der Waals surface area contributed by atoms with Gasteiger partial charge < -0.3 is 25.0 Å². The third kappa shape index (κ3) is 8.98. The summed E-state index contributed by atoms with van der Waals surface area (Å²) in [5.41, 5.74) is -0.538. The van der Waals surface area contributed by atoms with Crippen LogP contribution in [0.3, 0.4) is 0 Å². The molecule has 0 radical (unpaired) electrons. The maximum absolute atomic E-state index is 14.4. The second-order valence-corrected chi connectivity index (χ2v) is 19.0. The normalized spacial score (nSPS) is 26.0. The molecule has 0 spiro atoms. The predicted octanol–water partition coefficient (Wildman–Crippen LogP) is 5.27. The second-order valence-electron chi connectivity index (χ2n) is 15.0. The molecule has 1 aliphatic carbocycles. The summed E-state index contributed by atoms with van der Waals surface area (Å²) < 4.78 is 39.9. The highest BCUT2D eigenvalue weighted by molar-refractivity contribution is 7.90. The van der Waals surface area contributed by atoms with Crippen LogP contribution >= 0.6 is 34.5 Å². The molecule has 5 atom stereocenters. The van der Waals surface area contributed by atoms with Crippen LogP contribution in [0, 0.1) is 5.92 Å². The van der Waals surface area contributed by atoms with Gasteiger partial charge in [-0.25, -0.2) is 22.7 Å². The molecule has 1 saturated carbocycles. The Labute approximate surface area is 327 Å². The SMILES string of the molecule is CC(C)(C)OC(=O)N[C@@H]1CCCCCC=C[C@@H]2C[C@@]2(C(=O)NS(=O)(=O)c2cc(Cl)sc2Cl)NC(=O)[C@@H]2C[C@@H](OC(=O)N3Cc4ccccc4C3)CN2C1=O. The molecule has 6 rings (SSSR count). The van der Waals surface area contributed by atoms with Crippen LogP contribution in [0.5, 0.6) is 0 Å². The molecular formula is C36H43Cl2N5O9S2. The first-order valence-electron chi connectivity index (χ1n) is 17.8. The Bertz CT molecular complexity index is 1940. The molecule has 2 aromatic rings. The first kappa shape index (κ1) is 39.8. The van der Waals surface area contributed by atoms with Crippen molar-refractivity contribution in [2.75, 3.05) is 6.54 Å². The van der Waals surface area contributed by atoms with E-state index in [4.69, 9.17) is 32.7 Å². The van der Waals surface area contributed by atoms with Gasteiger partial charge in [0.05, 0.1) is 10.9 Å². The summed E-state index contributed by atoms with van der Waals surface area (Å²) in [6, 6.07) is 6.45. The maximum Gasteiger partial charge on any atom is 0.410 e. The number of nitrogens with one attached hydrogen (secondary N) is 3. The van der Waals surface area contributed by atoms with Gasteiger partial charge in [0.1, 0.15) is 38.6 Å². The van der Waals surface area contributed by atoms with Gasteiger partial charge in [0, 0.05) is 25.4 Å². The van der Waals surface area contributed by atoms with Crippen LogP contribution < -0.4 is 15.4 Å². The molecule has 5 amide bonds. The lowest BCUT2D eigenvalue weighted by Crippen LogP contribution is -2.58. The van der Waals surface area contributed by atoms with Gasteiger partial charge in [-0.1, -0.05) is 72.5 Å². The molecule has 18 heteroatoms. The average Bonchev–Trinajstić information content (AvgIpc) is 3.38. The van der Waals surface area contributed by atoms with E-state index in [0.717, 1.165) is 35.0 Å². The van der Waals surface area contributed by atoms with E-state index in [0.29, 0.717) is 32.4 Å². The average molecular weight is 825 g/mol. The Morgan fingerprint density at radius 2 is 1.76 bits per heavy atom. The van der Waals surface area contributed by atoms with E-state index >= 15 is 0 Å². The fourth-order valence-electron chi connectivity index (χ4n) is 7.07. The largest absolute Gasteiger partial charge is 0.444 e. The number of sulfonamides is 1. The number of halogens is 2. The first-order chi connectivity index (χ1) is 25.5. The van der Waals surface area contributed by atoms with Crippen molar-refractivity contribution >= 4 is 74.5 Å². The Morgan fingerprint density at radius 1 is 1.06 bits per heavy atom. The number of carbonyl (C=O) groups is 5. The molecule has 0 bridgehead atoms. The lowest BCUT2D eigenvalue weighted by Gasteiger charge is -2.30. The molecule has 0 unspecified atom stereocenters. The van der Waals surface area contributed by atoms with E-state index in [9.17, 15) is 32.4 Å². The Morgan fingerprint density at radius 3 is 2.41 bits per heavy atom. The second kappa shape index (κ2) is 15.7. The Balaban J connectivity index is 1.27. The monoisotopic (exact) mass is 823 g/mol. The third-order valence-electron chi connectivity index (χ3n) is 9.84. The number of thiophene rings is 1. The van der Waals surface area contributed by atoms with Gasteiger partial charge in [0.15, 0.2) is 0 Å². The van der Waals surface area contributed by atoms with E-state index in [-0.39, 0.29) is 39.4 Å². The number of benzene rings is 1. The maximum atomic E-state index is 14.4. The zero-order chi connectivity index (χ0) is 39.0. The molecule has 4 heterocycles. The van der Waals surface area contributed by atoms with Gasteiger partial charge in [-0.2, -0.15) is 0 Å². The number of fused-ring (bicyclic) bond motifs is 3. The van der Waals surface area contributed by atoms with Crippen molar-refractivity contribution in [1.82, 2.24) is 25.2 Å². The van der Waals surface area contributed by atoms with E-state index in [2.05, 4.69) is 15.4 Å². The highest BCUT2D eigenvalue weighted by Gasteiger charge is 2.62. The highest BCUT2D eigenvalue weighted by Crippen LogP contribution is 2.46. The lowest BCUT2D eigenvalue weighted by molar-refractivity contribution is -0.141. The van der Waals surface area contributed by atoms with Crippen LogP contribution in [0.2, 0.25) is 8.67 Å². The quantitative estimate of drug-likeness (QED) is 0.339. The summed E-state index contributed by atoms with van der Waals surface area (Å²) in [6.07, 6.45) is 4.22. The molecule has 1 aromatic carbocycles. The van der Waals surface area contributed by atoms with Crippen molar-refractivity contribution in [2.45, 2.75) is 113 Å². The molecule has 1 saturated heterocycles. The van der Waals surface area contributed by atoms with Crippen molar-refractivity contribution < 1.29 is 41.9 Å². The standard InChI is InChI=1S/C36H43Cl2N5O9S2/c1-35(2,3)52-33(47)39-25-14-8-6-4-5-7-13-23-17-36(23,32(46)41-54(49,50)27-16-28(37)53-29(27)38)40-30(44)26-15-24(20-43(26)31(25)45)51-34(48)42-18-21-11-9-10-12-22(21)19-42/h7,9-13,16,23-26H,4-6,8,14-15,17-20H2,1-3H3,(H,39,47)(H,40,44)(H,41,46)/t23-,24-,25-,26+,36-/m1/s1. The van der Waals surface area contributed by atoms with Crippen molar-refractivity contribution in [3.63, 3.8) is 0 Å². The molecule has 3 aliphatic heterocycles. The van der Waals surface area contributed by atoms with Gasteiger partial charge in [0.2, 0.25) is 11.8 Å². The van der Waals surface area contributed by atoms with Crippen molar-refractivity contribution in [3.05, 3.63) is 62.3 Å². The van der Waals surface area contributed by atoms with Gasteiger partial charge in [-0.15, -0.1) is 11.3 Å². The van der Waals surface area contributed by atoms with Crippen LogP contribution in [-0.2, 0) is 47.0 Å². The zero-order valence-corrected chi connectivity index (χ0v) is 33.2. The van der Waals surface area contributed by atoms with E-state index in [1.807, 2.05) is 30.3 Å². The van der Waals surface area contributed by atoms with Crippen LogP contribution in [0.25, 0.3) is 0 Å². The third-order valence-corrected chi connectivity index (χ3v) is 12.9. The Kier molecular flexibility index (Phi) is 11.6. The summed E-state index contributed by atoms with van der Waals surface area (Å²) in [5, 5.41) is 5.45. The van der Waals surface area contributed by atoms with Crippen LogP contribution in [-0.4, -0.2) is 84.0 Å². The van der Waals surface area contributed by atoms with Crippen molar-refractivity contribution in [2.24, 2.45) is 5.92 Å². The molecule has 1 aromatic heterocycles. The van der Waals surface area contributed by atoms with Gasteiger partial charge in [0.25, 0.3) is 15.9 Å². The number of nitrogens with zero attached hydrogens (tertiary/aromatic N) is 2. The number of alkyl carbamates (subject to hydrolysis) is 1. The summed E-state index contributed by atoms with van der Waals surface area (Å²) in [4.78, 5) is 71.3. The fourth-order valence-corrected chi connectivity index (χ4v) is 10.3. The zero-order valence-electron chi connectivity index (χ0n) is 30.1. The van der Waals surface area contributed by atoms with Crippen LogP contribution in [0.15, 0.2) is 47.4 Å². The summed E-state index contributed by atoms with van der Waals surface area (Å²) >= 11 is 12.9. The molecule has 3 N–H and O–H groups in total. The van der Waals surface area contributed by atoms with Crippen LogP contribution in [0.1, 0.15) is 76.8 Å². The number of rotatable bonds is 5. The van der Waals surface area contributed by atoms with Crippen molar-refractivity contribution in [3.8, 4) is 0 Å². The van der Waals surface area contributed by atoms with Gasteiger partial charge in [-0.3, -0.25) is 19.3 Å². The molecule has 4 aliphatic rings.